The highest BCUT2D eigenvalue weighted by atomic mass is 16.5. The molecule has 0 aliphatic heterocycles. The second-order valence-corrected chi connectivity index (χ2v) is 3.71. The van der Waals surface area contributed by atoms with E-state index in [4.69, 9.17) is 10.5 Å². The molecular formula is C11H20N4O. The standard InChI is InChI=1S/C11H20N4O/c1-3-6-16-11-8-13-7-10(15-11)14-9(2)4-5-12/h7-9H,3-6,12H2,1-2H3,(H,14,15). The van der Waals surface area contributed by atoms with E-state index in [0.29, 0.717) is 25.1 Å². The number of ether oxygens (including phenoxy) is 1. The highest BCUT2D eigenvalue weighted by molar-refractivity contribution is 5.34. The number of nitrogens with two attached hydrogens (primary N) is 1. The van der Waals surface area contributed by atoms with E-state index in [9.17, 15) is 0 Å². The summed E-state index contributed by atoms with van der Waals surface area (Å²) in [7, 11) is 0. The molecule has 5 heteroatoms. The van der Waals surface area contributed by atoms with Crippen LogP contribution in [0.3, 0.4) is 0 Å². The van der Waals surface area contributed by atoms with Crippen LogP contribution in [0.2, 0.25) is 0 Å². The predicted octanol–water partition coefficient (Wildman–Crippen LogP) is 1.41. The monoisotopic (exact) mass is 224 g/mol. The molecule has 0 radical (unpaired) electrons. The lowest BCUT2D eigenvalue weighted by Crippen LogP contribution is -2.20. The molecule has 1 unspecified atom stereocenters. The van der Waals surface area contributed by atoms with Crippen molar-refractivity contribution in [3.8, 4) is 5.88 Å². The summed E-state index contributed by atoms with van der Waals surface area (Å²) >= 11 is 0. The molecular weight excluding hydrogens is 204 g/mol. The Hall–Kier alpha value is -1.36. The number of hydrogen-bond acceptors (Lipinski definition) is 5. The molecule has 1 aromatic heterocycles. The van der Waals surface area contributed by atoms with E-state index in [1.807, 2.05) is 0 Å². The van der Waals surface area contributed by atoms with Gasteiger partial charge in [0.1, 0.15) is 5.82 Å². The van der Waals surface area contributed by atoms with Crippen LogP contribution < -0.4 is 15.8 Å². The van der Waals surface area contributed by atoms with Gasteiger partial charge in [0.2, 0.25) is 5.88 Å². The lowest BCUT2D eigenvalue weighted by Gasteiger charge is -2.13. The van der Waals surface area contributed by atoms with Crippen molar-refractivity contribution >= 4 is 5.82 Å². The van der Waals surface area contributed by atoms with Crippen molar-refractivity contribution in [1.82, 2.24) is 9.97 Å². The maximum atomic E-state index is 5.48. The van der Waals surface area contributed by atoms with Gasteiger partial charge >= 0.3 is 0 Å². The van der Waals surface area contributed by atoms with E-state index in [2.05, 4.69) is 29.1 Å². The van der Waals surface area contributed by atoms with Gasteiger partial charge in [-0.05, 0) is 26.3 Å². The fraction of sp³-hybridized carbons (Fsp3) is 0.636. The van der Waals surface area contributed by atoms with Crippen LogP contribution in [0.4, 0.5) is 5.82 Å². The summed E-state index contributed by atoms with van der Waals surface area (Å²) in [6, 6.07) is 0.292. The van der Waals surface area contributed by atoms with E-state index in [-0.39, 0.29) is 0 Å². The van der Waals surface area contributed by atoms with Gasteiger partial charge in [0.25, 0.3) is 0 Å². The van der Waals surface area contributed by atoms with Gasteiger partial charge in [0, 0.05) is 6.04 Å². The summed E-state index contributed by atoms with van der Waals surface area (Å²) in [5, 5.41) is 3.23. The summed E-state index contributed by atoms with van der Waals surface area (Å²) in [5.74, 6) is 1.29. The minimum Gasteiger partial charge on any atom is -0.477 e. The fourth-order valence-corrected chi connectivity index (χ4v) is 1.27. The number of nitrogens with one attached hydrogen (secondary N) is 1. The summed E-state index contributed by atoms with van der Waals surface area (Å²) in [4.78, 5) is 8.37. The molecule has 0 amide bonds. The zero-order valence-electron chi connectivity index (χ0n) is 9.94. The van der Waals surface area contributed by atoms with E-state index in [1.165, 1.54) is 0 Å². The van der Waals surface area contributed by atoms with E-state index in [0.717, 1.165) is 18.7 Å². The number of aromatic nitrogens is 2. The van der Waals surface area contributed by atoms with Crippen molar-refractivity contribution in [2.75, 3.05) is 18.5 Å². The van der Waals surface area contributed by atoms with Crippen molar-refractivity contribution in [3.05, 3.63) is 12.4 Å². The Kier molecular flexibility index (Phi) is 5.56. The average molecular weight is 224 g/mol. The normalized spacial score (nSPS) is 12.2. The third-order valence-electron chi connectivity index (χ3n) is 2.06. The molecule has 0 bridgehead atoms. The molecule has 5 nitrogen and oxygen atoms in total. The highest BCUT2D eigenvalue weighted by Crippen LogP contribution is 2.10. The zero-order chi connectivity index (χ0) is 11.8. The van der Waals surface area contributed by atoms with Gasteiger partial charge in [-0.15, -0.1) is 0 Å². The third-order valence-corrected chi connectivity index (χ3v) is 2.06. The van der Waals surface area contributed by atoms with Gasteiger partial charge in [-0.3, -0.25) is 4.98 Å². The van der Waals surface area contributed by atoms with Crippen LogP contribution in [0.5, 0.6) is 5.88 Å². The molecule has 3 N–H and O–H groups in total. The van der Waals surface area contributed by atoms with Crippen LogP contribution in [-0.2, 0) is 0 Å². The Morgan fingerprint density at radius 3 is 3.00 bits per heavy atom. The first-order chi connectivity index (χ1) is 7.76. The van der Waals surface area contributed by atoms with Gasteiger partial charge < -0.3 is 15.8 Å². The lowest BCUT2D eigenvalue weighted by atomic mass is 10.2. The van der Waals surface area contributed by atoms with Crippen LogP contribution in [0.25, 0.3) is 0 Å². The topological polar surface area (TPSA) is 73.1 Å². The summed E-state index contributed by atoms with van der Waals surface area (Å²) in [6.45, 7) is 5.44. The van der Waals surface area contributed by atoms with Crippen molar-refractivity contribution in [2.24, 2.45) is 5.73 Å². The number of hydrogen-bond donors (Lipinski definition) is 2. The minimum atomic E-state index is 0.292. The SMILES string of the molecule is CCCOc1cncc(NC(C)CCN)n1. The van der Waals surface area contributed by atoms with Crippen molar-refractivity contribution in [3.63, 3.8) is 0 Å². The Labute approximate surface area is 96.4 Å². The Balaban J connectivity index is 2.52. The highest BCUT2D eigenvalue weighted by Gasteiger charge is 2.03. The van der Waals surface area contributed by atoms with Crippen LogP contribution >= 0.6 is 0 Å². The number of rotatable bonds is 7. The second kappa shape index (κ2) is 7.00. The van der Waals surface area contributed by atoms with E-state index >= 15 is 0 Å². The smallest absolute Gasteiger partial charge is 0.234 e. The largest absolute Gasteiger partial charge is 0.477 e. The minimum absolute atomic E-state index is 0.292. The molecule has 0 saturated carbocycles. The van der Waals surface area contributed by atoms with E-state index in [1.54, 1.807) is 12.4 Å². The summed E-state index contributed by atoms with van der Waals surface area (Å²) in [5.41, 5.74) is 5.48. The number of anilines is 1. The molecule has 0 saturated heterocycles. The maximum Gasteiger partial charge on any atom is 0.234 e. The Morgan fingerprint density at radius 2 is 2.31 bits per heavy atom. The Morgan fingerprint density at radius 1 is 1.50 bits per heavy atom. The molecule has 1 heterocycles. The first kappa shape index (κ1) is 12.7. The molecule has 0 fully saturated rings. The maximum absolute atomic E-state index is 5.48. The van der Waals surface area contributed by atoms with Crippen molar-refractivity contribution in [1.29, 1.82) is 0 Å². The molecule has 90 valence electrons. The summed E-state index contributed by atoms with van der Waals surface area (Å²) in [6.07, 6.45) is 5.17. The lowest BCUT2D eigenvalue weighted by molar-refractivity contribution is 0.304. The van der Waals surface area contributed by atoms with E-state index < -0.39 is 0 Å². The molecule has 0 aliphatic rings. The van der Waals surface area contributed by atoms with Gasteiger partial charge in [-0.2, -0.15) is 4.98 Å². The summed E-state index contributed by atoms with van der Waals surface area (Å²) < 4.78 is 5.40. The van der Waals surface area contributed by atoms with Crippen molar-refractivity contribution < 1.29 is 4.74 Å². The first-order valence-corrected chi connectivity index (χ1v) is 5.67. The Bertz CT molecular complexity index is 306. The van der Waals surface area contributed by atoms with Crippen molar-refractivity contribution in [2.45, 2.75) is 32.7 Å². The zero-order valence-corrected chi connectivity index (χ0v) is 9.94. The fourth-order valence-electron chi connectivity index (χ4n) is 1.27. The van der Waals surface area contributed by atoms with Crippen LogP contribution in [0, 0.1) is 0 Å². The second-order valence-electron chi connectivity index (χ2n) is 3.71. The molecule has 0 aliphatic carbocycles. The number of nitrogens with zero attached hydrogens (tertiary/aromatic N) is 2. The molecule has 16 heavy (non-hydrogen) atoms. The van der Waals surface area contributed by atoms with Crippen LogP contribution in [-0.4, -0.2) is 29.2 Å². The average Bonchev–Trinajstić information content (AvgIpc) is 2.27. The molecule has 0 spiro atoms. The molecule has 1 atom stereocenters. The molecule has 1 aromatic rings. The predicted molar refractivity (Wildman–Crippen MR) is 64.6 cm³/mol. The molecule has 0 aromatic carbocycles. The first-order valence-electron chi connectivity index (χ1n) is 5.67. The van der Waals surface area contributed by atoms with Gasteiger partial charge in [0.05, 0.1) is 19.0 Å². The quantitative estimate of drug-likeness (QED) is 0.732. The van der Waals surface area contributed by atoms with Gasteiger partial charge in [-0.25, -0.2) is 0 Å². The van der Waals surface area contributed by atoms with Crippen LogP contribution in [0.15, 0.2) is 12.4 Å². The van der Waals surface area contributed by atoms with Gasteiger partial charge in [0.15, 0.2) is 0 Å². The molecule has 1 rings (SSSR count). The van der Waals surface area contributed by atoms with Gasteiger partial charge in [-0.1, -0.05) is 6.92 Å². The third kappa shape index (κ3) is 4.44. The van der Waals surface area contributed by atoms with Crippen LogP contribution in [0.1, 0.15) is 26.7 Å².